The highest BCUT2D eigenvalue weighted by Crippen LogP contribution is 2.34. The first kappa shape index (κ1) is 24.4. The fraction of sp³-hybridized carbons (Fsp3) is 0.577. The number of amides is 1. The molecule has 0 aliphatic carbocycles. The highest BCUT2D eigenvalue weighted by atomic mass is 16.5. The monoisotopic (exact) mass is 466 g/mol. The molecule has 0 radical (unpaired) electrons. The Morgan fingerprint density at radius 2 is 2.24 bits per heavy atom. The molecular formula is C26H38N6O2. The minimum Gasteiger partial charge on any atom is -0.380 e. The maximum atomic E-state index is 11.6. The van der Waals surface area contributed by atoms with Gasteiger partial charge in [0, 0.05) is 63.2 Å². The number of carbonyl (C=O) groups is 1. The van der Waals surface area contributed by atoms with Crippen molar-refractivity contribution in [3.8, 4) is 11.1 Å². The molecule has 0 spiro atoms. The summed E-state index contributed by atoms with van der Waals surface area (Å²) in [6.07, 6.45) is 9.50. The van der Waals surface area contributed by atoms with Gasteiger partial charge in [0.1, 0.15) is 5.84 Å². The quantitative estimate of drug-likeness (QED) is 0.230. The number of hydrogen-bond donors (Lipinski definition) is 2. The molecular weight excluding hydrogens is 428 g/mol. The smallest absolute Gasteiger partial charge is 0.209 e. The molecule has 2 aliphatic heterocycles. The van der Waals surface area contributed by atoms with E-state index in [1.165, 1.54) is 11.1 Å². The van der Waals surface area contributed by atoms with Gasteiger partial charge in [0.2, 0.25) is 6.41 Å². The Kier molecular flexibility index (Phi) is 8.34. The lowest BCUT2D eigenvalue weighted by atomic mass is 9.88. The number of rotatable bonds is 11. The Bertz CT molecular complexity index is 968. The van der Waals surface area contributed by atoms with Gasteiger partial charge in [0.05, 0.1) is 12.8 Å². The number of hydrogen-bond acceptors (Lipinski definition) is 5. The molecule has 4 rings (SSSR count). The highest BCUT2D eigenvalue weighted by Gasteiger charge is 2.26. The van der Waals surface area contributed by atoms with Gasteiger partial charge in [-0.3, -0.25) is 14.9 Å². The second-order valence-electron chi connectivity index (χ2n) is 9.54. The number of benzene rings is 1. The van der Waals surface area contributed by atoms with E-state index in [2.05, 4.69) is 40.4 Å². The Morgan fingerprint density at radius 3 is 2.94 bits per heavy atom. The van der Waals surface area contributed by atoms with Gasteiger partial charge in [0.15, 0.2) is 0 Å². The van der Waals surface area contributed by atoms with E-state index in [-0.39, 0.29) is 0 Å². The molecule has 34 heavy (non-hydrogen) atoms. The number of carbonyl (C=O) groups excluding carboxylic acids is 1. The fourth-order valence-electron chi connectivity index (χ4n) is 4.91. The second-order valence-corrected chi connectivity index (χ2v) is 9.54. The molecule has 2 aliphatic rings. The molecule has 0 saturated carbocycles. The molecule has 1 aromatic heterocycles. The molecule has 2 unspecified atom stereocenters. The number of aromatic nitrogens is 2. The molecule has 0 bridgehead atoms. The zero-order valence-electron chi connectivity index (χ0n) is 20.5. The largest absolute Gasteiger partial charge is 0.380 e. The summed E-state index contributed by atoms with van der Waals surface area (Å²) in [4.78, 5) is 15.6. The van der Waals surface area contributed by atoms with Crippen LogP contribution in [0.5, 0.6) is 0 Å². The summed E-state index contributed by atoms with van der Waals surface area (Å²) in [7, 11) is 1.93. The van der Waals surface area contributed by atoms with Crippen LogP contribution in [0.25, 0.3) is 11.1 Å². The van der Waals surface area contributed by atoms with Gasteiger partial charge in [0.25, 0.3) is 0 Å². The Morgan fingerprint density at radius 1 is 1.35 bits per heavy atom. The van der Waals surface area contributed by atoms with Crippen molar-refractivity contribution in [3.63, 3.8) is 0 Å². The summed E-state index contributed by atoms with van der Waals surface area (Å²) in [5.74, 6) is 1.10. The number of fused-ring (bicyclic) bond motifs is 1. The average Bonchev–Trinajstić information content (AvgIpc) is 3.54. The predicted octanol–water partition coefficient (Wildman–Crippen LogP) is 3.07. The van der Waals surface area contributed by atoms with E-state index in [0.717, 1.165) is 69.6 Å². The van der Waals surface area contributed by atoms with Gasteiger partial charge >= 0.3 is 0 Å². The molecule has 3 heterocycles. The molecule has 1 aromatic carbocycles. The van der Waals surface area contributed by atoms with Crippen LogP contribution >= 0.6 is 0 Å². The van der Waals surface area contributed by atoms with Crippen molar-refractivity contribution in [2.24, 2.45) is 13.0 Å². The summed E-state index contributed by atoms with van der Waals surface area (Å²) >= 11 is 0. The van der Waals surface area contributed by atoms with Crippen LogP contribution in [0.1, 0.15) is 38.2 Å². The third-order valence-corrected chi connectivity index (χ3v) is 7.03. The number of anilines is 1. The molecule has 2 aromatic rings. The van der Waals surface area contributed by atoms with Crippen LogP contribution in [0.4, 0.5) is 5.69 Å². The van der Waals surface area contributed by atoms with E-state index >= 15 is 0 Å². The van der Waals surface area contributed by atoms with E-state index in [1.54, 1.807) is 4.90 Å². The standard InChI is InChI=1S/C26H38N6O2/c1-3-20-13-22-14-21(23-15-29-30(2)17-23)5-6-25(22)32(16-20)26(27)7-11-31(19-33)10-4-9-28-24-8-12-34-18-24/h5-6,14-15,17,19-20,24,27-28H,3-4,7-13,16,18H2,1-2H3. The Balaban J connectivity index is 1.34. The zero-order valence-corrected chi connectivity index (χ0v) is 20.5. The van der Waals surface area contributed by atoms with Crippen LogP contribution in [0.3, 0.4) is 0 Å². The second kappa shape index (κ2) is 11.6. The fourth-order valence-corrected chi connectivity index (χ4v) is 4.91. The SMILES string of the molecule is CCC1Cc2cc(-c3cnn(C)c3)ccc2N(C(=N)CCN(C=O)CCCNC2CCOC2)C1. The van der Waals surface area contributed by atoms with Crippen LogP contribution in [0.15, 0.2) is 30.6 Å². The Labute approximate surface area is 202 Å². The number of ether oxygens (including phenoxy) is 1. The van der Waals surface area contributed by atoms with E-state index < -0.39 is 0 Å². The predicted molar refractivity (Wildman–Crippen MR) is 135 cm³/mol. The van der Waals surface area contributed by atoms with Crippen LogP contribution < -0.4 is 10.2 Å². The summed E-state index contributed by atoms with van der Waals surface area (Å²) < 4.78 is 7.21. The van der Waals surface area contributed by atoms with Crippen molar-refractivity contribution in [3.05, 3.63) is 36.2 Å². The molecule has 184 valence electrons. The van der Waals surface area contributed by atoms with Gasteiger partial charge in [-0.05, 0) is 55.0 Å². The maximum absolute atomic E-state index is 11.6. The Hall–Kier alpha value is -2.71. The van der Waals surface area contributed by atoms with Crippen molar-refractivity contribution < 1.29 is 9.53 Å². The molecule has 1 saturated heterocycles. The summed E-state index contributed by atoms with van der Waals surface area (Å²) in [5.41, 5.74) is 4.70. The van der Waals surface area contributed by atoms with Gasteiger partial charge < -0.3 is 19.9 Å². The van der Waals surface area contributed by atoms with Crippen molar-refractivity contribution in [2.75, 3.05) is 44.3 Å². The zero-order chi connectivity index (χ0) is 23.9. The maximum Gasteiger partial charge on any atom is 0.209 e. The topological polar surface area (TPSA) is 86.5 Å². The van der Waals surface area contributed by atoms with Crippen molar-refractivity contribution in [1.29, 1.82) is 5.41 Å². The first-order chi connectivity index (χ1) is 16.6. The van der Waals surface area contributed by atoms with Crippen LogP contribution in [-0.2, 0) is 23.0 Å². The minimum absolute atomic E-state index is 0.446. The average molecular weight is 467 g/mol. The van der Waals surface area contributed by atoms with Gasteiger partial charge in [-0.15, -0.1) is 0 Å². The molecule has 1 amide bonds. The third kappa shape index (κ3) is 6.04. The lowest BCUT2D eigenvalue weighted by Crippen LogP contribution is -2.41. The van der Waals surface area contributed by atoms with Crippen molar-refractivity contribution in [2.45, 2.75) is 45.1 Å². The number of nitrogens with zero attached hydrogens (tertiary/aromatic N) is 4. The molecule has 1 fully saturated rings. The lowest BCUT2D eigenvalue weighted by Gasteiger charge is -2.36. The van der Waals surface area contributed by atoms with E-state index in [9.17, 15) is 4.79 Å². The van der Waals surface area contributed by atoms with Gasteiger partial charge in [-0.1, -0.05) is 19.4 Å². The van der Waals surface area contributed by atoms with E-state index in [4.69, 9.17) is 10.1 Å². The molecule has 2 atom stereocenters. The number of nitrogens with one attached hydrogen (secondary N) is 2. The van der Waals surface area contributed by atoms with Crippen LogP contribution in [-0.4, -0.2) is 72.4 Å². The molecule has 8 nitrogen and oxygen atoms in total. The van der Waals surface area contributed by atoms with Crippen molar-refractivity contribution >= 4 is 17.9 Å². The first-order valence-electron chi connectivity index (χ1n) is 12.5. The number of aryl methyl sites for hydroxylation is 1. The number of amidine groups is 1. The third-order valence-electron chi connectivity index (χ3n) is 7.03. The highest BCUT2D eigenvalue weighted by molar-refractivity contribution is 5.97. The minimum atomic E-state index is 0.446. The van der Waals surface area contributed by atoms with Crippen molar-refractivity contribution in [1.82, 2.24) is 20.0 Å². The van der Waals surface area contributed by atoms with Crippen LogP contribution in [0.2, 0.25) is 0 Å². The molecule has 2 N–H and O–H groups in total. The molecule has 8 heteroatoms. The summed E-state index contributed by atoms with van der Waals surface area (Å²) in [6.45, 7) is 6.88. The summed E-state index contributed by atoms with van der Waals surface area (Å²) in [5, 5.41) is 16.6. The van der Waals surface area contributed by atoms with Crippen LogP contribution in [0, 0.1) is 11.3 Å². The van der Waals surface area contributed by atoms with Gasteiger partial charge in [-0.25, -0.2) is 0 Å². The first-order valence-corrected chi connectivity index (χ1v) is 12.5. The van der Waals surface area contributed by atoms with E-state index in [1.807, 2.05) is 24.1 Å². The lowest BCUT2D eigenvalue weighted by molar-refractivity contribution is -0.118. The summed E-state index contributed by atoms with van der Waals surface area (Å²) in [6, 6.07) is 6.98. The normalized spacial score (nSPS) is 19.8. The van der Waals surface area contributed by atoms with E-state index in [0.29, 0.717) is 37.3 Å². The van der Waals surface area contributed by atoms with Gasteiger partial charge in [-0.2, -0.15) is 5.10 Å².